The van der Waals surface area contributed by atoms with Gasteiger partial charge in [-0.05, 0) is 22.4 Å². The molecule has 0 fully saturated rings. The number of hydrogen-bond donors (Lipinski definition) is 2. The molecule has 144 valence electrons. The van der Waals surface area contributed by atoms with Crippen LogP contribution in [0.15, 0.2) is 102 Å². The van der Waals surface area contributed by atoms with Crippen LogP contribution in [0, 0.1) is 0 Å². The molecule has 4 nitrogen and oxygen atoms in total. The number of benzene rings is 4. The van der Waals surface area contributed by atoms with Crippen molar-refractivity contribution in [2.24, 2.45) is 5.10 Å². The number of aromatic nitrogens is 1. The Morgan fingerprint density at radius 2 is 1.47 bits per heavy atom. The lowest BCUT2D eigenvalue weighted by Gasteiger charge is -2.05. The van der Waals surface area contributed by atoms with E-state index in [1.165, 1.54) is 0 Å². The second-order valence-corrected chi connectivity index (χ2v) is 7.05. The molecule has 0 aliphatic carbocycles. The minimum absolute atomic E-state index is 0.276. The lowest BCUT2D eigenvalue weighted by atomic mass is 10.0. The van der Waals surface area contributed by atoms with Crippen LogP contribution in [0.5, 0.6) is 0 Å². The molecule has 4 aromatic carbocycles. The molecule has 0 aliphatic rings. The molecule has 2 N–H and O–H groups in total. The van der Waals surface area contributed by atoms with E-state index in [4.69, 9.17) is 0 Å². The van der Waals surface area contributed by atoms with E-state index in [0.29, 0.717) is 5.69 Å². The van der Waals surface area contributed by atoms with E-state index in [1.807, 2.05) is 84.9 Å². The van der Waals surface area contributed by atoms with Gasteiger partial charge in [-0.3, -0.25) is 4.79 Å². The molecule has 1 aromatic heterocycles. The predicted molar refractivity (Wildman–Crippen MR) is 123 cm³/mol. The number of carbonyl (C=O) groups excluding carboxylic acids is 1. The van der Waals surface area contributed by atoms with Crippen molar-refractivity contribution in [2.75, 3.05) is 0 Å². The van der Waals surface area contributed by atoms with Gasteiger partial charge in [-0.2, -0.15) is 5.10 Å². The number of amides is 1. The van der Waals surface area contributed by atoms with Gasteiger partial charge in [0.25, 0.3) is 5.91 Å². The fourth-order valence-electron chi connectivity index (χ4n) is 3.80. The van der Waals surface area contributed by atoms with E-state index >= 15 is 0 Å². The summed E-state index contributed by atoms with van der Waals surface area (Å²) in [5.41, 5.74) is 6.91. The summed E-state index contributed by atoms with van der Waals surface area (Å²) in [4.78, 5) is 16.3. The smallest absolute Gasteiger partial charge is 0.288 e. The Hall–Kier alpha value is -4.18. The molecular weight excluding hydrogens is 370 g/mol. The highest BCUT2D eigenvalue weighted by Gasteiger charge is 2.18. The van der Waals surface area contributed by atoms with Crippen LogP contribution in [-0.4, -0.2) is 17.1 Å². The molecule has 0 aliphatic heterocycles. The molecule has 30 heavy (non-hydrogen) atoms. The second kappa shape index (κ2) is 7.68. The summed E-state index contributed by atoms with van der Waals surface area (Å²) in [5, 5.41) is 7.46. The van der Waals surface area contributed by atoms with Crippen molar-refractivity contribution in [1.29, 1.82) is 0 Å². The Morgan fingerprint density at radius 3 is 2.33 bits per heavy atom. The largest absolute Gasteiger partial charge is 0.350 e. The van der Waals surface area contributed by atoms with Crippen LogP contribution in [0.1, 0.15) is 16.1 Å². The summed E-state index contributed by atoms with van der Waals surface area (Å²) < 4.78 is 0. The van der Waals surface area contributed by atoms with E-state index in [-0.39, 0.29) is 5.91 Å². The van der Waals surface area contributed by atoms with Gasteiger partial charge in [0.1, 0.15) is 5.69 Å². The van der Waals surface area contributed by atoms with Crippen molar-refractivity contribution >= 4 is 33.8 Å². The van der Waals surface area contributed by atoms with Crippen molar-refractivity contribution < 1.29 is 4.79 Å². The molecule has 0 saturated heterocycles. The first-order chi connectivity index (χ1) is 14.8. The van der Waals surface area contributed by atoms with E-state index in [0.717, 1.165) is 38.4 Å². The zero-order chi connectivity index (χ0) is 20.3. The summed E-state index contributed by atoms with van der Waals surface area (Å²) in [6, 6.07) is 32.0. The minimum Gasteiger partial charge on any atom is -0.350 e. The lowest BCUT2D eigenvalue weighted by Crippen LogP contribution is -2.18. The van der Waals surface area contributed by atoms with Crippen LogP contribution in [-0.2, 0) is 0 Å². The SMILES string of the molecule is O=C(N/N=C/c1cccc2ccccc12)c1[nH]c2ccccc2c1-c1ccccc1. The average molecular weight is 389 g/mol. The molecule has 0 radical (unpaired) electrons. The highest BCUT2D eigenvalue weighted by atomic mass is 16.2. The molecule has 0 bridgehead atoms. The van der Waals surface area contributed by atoms with Crippen molar-refractivity contribution in [2.45, 2.75) is 0 Å². The van der Waals surface area contributed by atoms with Gasteiger partial charge in [0.05, 0.1) is 6.21 Å². The molecule has 4 heteroatoms. The topological polar surface area (TPSA) is 57.2 Å². The van der Waals surface area contributed by atoms with Crippen LogP contribution >= 0.6 is 0 Å². The van der Waals surface area contributed by atoms with E-state index in [9.17, 15) is 4.79 Å². The second-order valence-electron chi connectivity index (χ2n) is 7.05. The van der Waals surface area contributed by atoms with Gasteiger partial charge in [-0.15, -0.1) is 0 Å². The fourth-order valence-corrected chi connectivity index (χ4v) is 3.80. The van der Waals surface area contributed by atoms with Gasteiger partial charge in [-0.1, -0.05) is 91.0 Å². The zero-order valence-corrected chi connectivity index (χ0v) is 16.2. The van der Waals surface area contributed by atoms with Crippen LogP contribution in [0.25, 0.3) is 32.8 Å². The van der Waals surface area contributed by atoms with Crippen LogP contribution in [0.2, 0.25) is 0 Å². The van der Waals surface area contributed by atoms with Crippen molar-refractivity contribution in [3.63, 3.8) is 0 Å². The Kier molecular flexibility index (Phi) is 4.58. The third-order valence-corrected chi connectivity index (χ3v) is 5.19. The average Bonchev–Trinajstić information content (AvgIpc) is 3.19. The first-order valence-corrected chi connectivity index (χ1v) is 9.78. The Balaban J connectivity index is 1.49. The summed E-state index contributed by atoms with van der Waals surface area (Å²) in [6.07, 6.45) is 1.69. The van der Waals surface area contributed by atoms with E-state index in [2.05, 4.69) is 27.6 Å². The number of hydrogen-bond acceptors (Lipinski definition) is 2. The van der Waals surface area contributed by atoms with Gasteiger partial charge in [0.15, 0.2) is 0 Å². The Bertz CT molecular complexity index is 1380. The van der Waals surface area contributed by atoms with Gasteiger partial charge >= 0.3 is 0 Å². The van der Waals surface area contributed by atoms with Crippen molar-refractivity contribution in [1.82, 2.24) is 10.4 Å². The number of aromatic amines is 1. The quantitative estimate of drug-likeness (QED) is 0.298. The molecule has 5 aromatic rings. The van der Waals surface area contributed by atoms with Gasteiger partial charge < -0.3 is 4.98 Å². The maximum absolute atomic E-state index is 13.0. The third-order valence-electron chi connectivity index (χ3n) is 5.19. The predicted octanol–water partition coefficient (Wildman–Crippen LogP) is 5.75. The van der Waals surface area contributed by atoms with Gasteiger partial charge in [0, 0.05) is 22.0 Å². The normalized spacial score (nSPS) is 11.3. The van der Waals surface area contributed by atoms with Crippen LogP contribution < -0.4 is 5.43 Å². The van der Waals surface area contributed by atoms with Crippen LogP contribution in [0.3, 0.4) is 0 Å². The first-order valence-electron chi connectivity index (χ1n) is 9.78. The maximum atomic E-state index is 13.0. The summed E-state index contributed by atoms with van der Waals surface area (Å²) in [7, 11) is 0. The van der Waals surface area contributed by atoms with Gasteiger partial charge in [-0.25, -0.2) is 5.43 Å². The maximum Gasteiger partial charge on any atom is 0.288 e. The van der Waals surface area contributed by atoms with Gasteiger partial charge in [0.2, 0.25) is 0 Å². The molecule has 1 heterocycles. The number of rotatable bonds is 4. The summed E-state index contributed by atoms with van der Waals surface area (Å²) in [6.45, 7) is 0. The highest BCUT2D eigenvalue weighted by molar-refractivity contribution is 6.10. The molecule has 0 saturated carbocycles. The molecule has 0 atom stereocenters. The molecule has 0 spiro atoms. The first kappa shape index (κ1) is 17.9. The minimum atomic E-state index is -0.276. The molecular formula is C26H19N3O. The third kappa shape index (κ3) is 3.25. The molecule has 5 rings (SSSR count). The monoisotopic (exact) mass is 389 g/mol. The summed E-state index contributed by atoms with van der Waals surface area (Å²) in [5.74, 6) is -0.276. The van der Waals surface area contributed by atoms with Crippen molar-refractivity contribution in [3.05, 3.63) is 108 Å². The van der Waals surface area contributed by atoms with E-state index < -0.39 is 0 Å². The number of carbonyl (C=O) groups is 1. The number of H-pyrrole nitrogens is 1. The molecule has 1 amide bonds. The van der Waals surface area contributed by atoms with Crippen molar-refractivity contribution in [3.8, 4) is 11.1 Å². The number of nitrogens with zero attached hydrogens (tertiary/aromatic N) is 1. The summed E-state index contributed by atoms with van der Waals surface area (Å²) >= 11 is 0. The fraction of sp³-hybridized carbons (Fsp3) is 0. The highest BCUT2D eigenvalue weighted by Crippen LogP contribution is 2.32. The number of fused-ring (bicyclic) bond motifs is 2. The Morgan fingerprint density at radius 1 is 0.767 bits per heavy atom. The Labute approximate surface area is 173 Å². The zero-order valence-electron chi connectivity index (χ0n) is 16.2. The number of hydrazone groups is 1. The number of nitrogens with one attached hydrogen (secondary N) is 2. The lowest BCUT2D eigenvalue weighted by molar-refractivity contribution is 0.0951. The van der Waals surface area contributed by atoms with E-state index in [1.54, 1.807) is 6.21 Å². The standard InChI is InChI=1S/C26H19N3O/c30-26(29-27-17-20-13-8-12-18-9-4-5-14-21(18)20)25-24(19-10-2-1-3-11-19)22-15-6-7-16-23(22)28-25/h1-17,28H,(H,29,30)/b27-17+. The molecule has 0 unspecified atom stereocenters. The van der Waals surface area contributed by atoms with Crippen LogP contribution in [0.4, 0.5) is 0 Å². The number of para-hydroxylation sites is 1.